The van der Waals surface area contributed by atoms with Gasteiger partial charge in [-0.3, -0.25) is 0 Å². The van der Waals surface area contributed by atoms with E-state index in [0.717, 1.165) is 6.07 Å². The van der Waals surface area contributed by atoms with Gasteiger partial charge in [0.15, 0.2) is 11.5 Å². The zero-order valence-electron chi connectivity index (χ0n) is 11.7. The SMILES string of the molecule is CCOc1ccccc1OCCNc1ccc(F)cc1F. The third kappa shape index (κ3) is 4.34. The van der Waals surface area contributed by atoms with Crippen molar-refractivity contribution in [2.24, 2.45) is 0 Å². The average molecular weight is 293 g/mol. The van der Waals surface area contributed by atoms with Crippen molar-refractivity contribution in [3.63, 3.8) is 0 Å². The number of rotatable bonds is 7. The van der Waals surface area contributed by atoms with Crippen LogP contribution in [0.2, 0.25) is 0 Å². The van der Waals surface area contributed by atoms with Crippen LogP contribution in [-0.4, -0.2) is 19.8 Å². The highest BCUT2D eigenvalue weighted by Gasteiger charge is 2.05. The Bertz CT molecular complexity index is 590. The van der Waals surface area contributed by atoms with Crippen molar-refractivity contribution < 1.29 is 18.3 Å². The molecule has 0 aliphatic carbocycles. The normalized spacial score (nSPS) is 10.2. The summed E-state index contributed by atoms with van der Waals surface area (Å²) in [7, 11) is 0. The lowest BCUT2D eigenvalue weighted by Crippen LogP contribution is -2.13. The molecule has 0 aliphatic rings. The first-order chi connectivity index (χ1) is 10.2. The lowest BCUT2D eigenvalue weighted by Gasteiger charge is -2.12. The first-order valence-electron chi connectivity index (χ1n) is 6.74. The van der Waals surface area contributed by atoms with E-state index in [1.807, 2.05) is 31.2 Å². The van der Waals surface area contributed by atoms with E-state index in [-0.39, 0.29) is 5.69 Å². The summed E-state index contributed by atoms with van der Waals surface area (Å²) >= 11 is 0. The molecule has 2 aromatic carbocycles. The minimum Gasteiger partial charge on any atom is -0.490 e. The quantitative estimate of drug-likeness (QED) is 0.786. The van der Waals surface area contributed by atoms with Gasteiger partial charge in [0.2, 0.25) is 0 Å². The maximum Gasteiger partial charge on any atom is 0.161 e. The van der Waals surface area contributed by atoms with E-state index in [0.29, 0.717) is 31.3 Å². The predicted molar refractivity (Wildman–Crippen MR) is 78.0 cm³/mol. The number of anilines is 1. The Morgan fingerprint density at radius 2 is 1.71 bits per heavy atom. The van der Waals surface area contributed by atoms with Crippen LogP contribution >= 0.6 is 0 Å². The van der Waals surface area contributed by atoms with Crippen molar-refractivity contribution in [3.05, 3.63) is 54.1 Å². The molecule has 3 nitrogen and oxygen atoms in total. The van der Waals surface area contributed by atoms with Gasteiger partial charge in [0.25, 0.3) is 0 Å². The Labute approximate surface area is 122 Å². The van der Waals surface area contributed by atoms with Crippen LogP contribution in [0.25, 0.3) is 0 Å². The van der Waals surface area contributed by atoms with Crippen LogP contribution in [0.5, 0.6) is 11.5 Å². The molecular formula is C16H17F2NO2. The van der Waals surface area contributed by atoms with E-state index in [9.17, 15) is 8.78 Å². The molecule has 0 unspecified atom stereocenters. The van der Waals surface area contributed by atoms with E-state index in [4.69, 9.17) is 9.47 Å². The zero-order valence-corrected chi connectivity index (χ0v) is 11.7. The van der Waals surface area contributed by atoms with Crippen molar-refractivity contribution >= 4 is 5.69 Å². The monoisotopic (exact) mass is 293 g/mol. The Morgan fingerprint density at radius 1 is 1.00 bits per heavy atom. The Hall–Kier alpha value is -2.30. The van der Waals surface area contributed by atoms with Gasteiger partial charge in [-0.15, -0.1) is 0 Å². The molecule has 2 aromatic rings. The van der Waals surface area contributed by atoms with Crippen LogP contribution in [0.3, 0.4) is 0 Å². The van der Waals surface area contributed by atoms with Gasteiger partial charge in [-0.05, 0) is 31.2 Å². The van der Waals surface area contributed by atoms with E-state index < -0.39 is 11.6 Å². The molecule has 0 saturated heterocycles. The molecule has 0 saturated carbocycles. The Morgan fingerprint density at radius 3 is 2.38 bits per heavy atom. The van der Waals surface area contributed by atoms with Crippen molar-refractivity contribution in [3.8, 4) is 11.5 Å². The molecule has 0 bridgehead atoms. The second-order valence-corrected chi connectivity index (χ2v) is 4.28. The second-order valence-electron chi connectivity index (χ2n) is 4.28. The van der Waals surface area contributed by atoms with Gasteiger partial charge in [-0.25, -0.2) is 8.78 Å². The largest absolute Gasteiger partial charge is 0.490 e. The number of hydrogen-bond donors (Lipinski definition) is 1. The molecule has 0 amide bonds. The summed E-state index contributed by atoms with van der Waals surface area (Å²) in [5, 5.41) is 2.85. The highest BCUT2D eigenvalue weighted by atomic mass is 19.1. The predicted octanol–water partition coefficient (Wildman–Crippen LogP) is 3.85. The van der Waals surface area contributed by atoms with E-state index in [1.165, 1.54) is 12.1 Å². The third-order valence-electron chi connectivity index (χ3n) is 2.76. The van der Waals surface area contributed by atoms with Crippen LogP contribution in [0.15, 0.2) is 42.5 Å². The number of halogens is 2. The van der Waals surface area contributed by atoms with Gasteiger partial charge in [0.1, 0.15) is 18.2 Å². The third-order valence-corrected chi connectivity index (χ3v) is 2.76. The van der Waals surface area contributed by atoms with Gasteiger partial charge < -0.3 is 14.8 Å². The number of nitrogens with one attached hydrogen (secondary N) is 1. The fourth-order valence-corrected chi connectivity index (χ4v) is 1.82. The smallest absolute Gasteiger partial charge is 0.161 e. The van der Waals surface area contributed by atoms with Gasteiger partial charge in [-0.1, -0.05) is 12.1 Å². The first kappa shape index (κ1) is 15.1. The molecule has 2 rings (SSSR count). The van der Waals surface area contributed by atoms with E-state index in [2.05, 4.69) is 5.32 Å². The highest BCUT2D eigenvalue weighted by molar-refractivity contribution is 5.44. The molecular weight excluding hydrogens is 276 g/mol. The van der Waals surface area contributed by atoms with Crippen LogP contribution in [0.1, 0.15) is 6.92 Å². The molecule has 0 aromatic heterocycles. The minimum atomic E-state index is -0.621. The lowest BCUT2D eigenvalue weighted by molar-refractivity contribution is 0.284. The van der Waals surface area contributed by atoms with Crippen molar-refractivity contribution in [2.45, 2.75) is 6.92 Å². The van der Waals surface area contributed by atoms with Gasteiger partial charge >= 0.3 is 0 Å². The topological polar surface area (TPSA) is 30.5 Å². The Balaban J connectivity index is 1.84. The van der Waals surface area contributed by atoms with Crippen LogP contribution in [-0.2, 0) is 0 Å². The summed E-state index contributed by atoms with van der Waals surface area (Å²) in [6, 6.07) is 10.8. The molecule has 112 valence electrons. The summed E-state index contributed by atoms with van der Waals surface area (Å²) in [5.74, 6) is 0.0957. The molecule has 21 heavy (non-hydrogen) atoms. The molecule has 0 aliphatic heterocycles. The fourth-order valence-electron chi connectivity index (χ4n) is 1.82. The molecule has 1 N–H and O–H groups in total. The molecule has 0 spiro atoms. The van der Waals surface area contributed by atoms with E-state index in [1.54, 1.807) is 0 Å². The maximum absolute atomic E-state index is 13.4. The number of benzene rings is 2. The number of para-hydroxylation sites is 2. The summed E-state index contributed by atoms with van der Waals surface area (Å²) in [5.41, 5.74) is 0.248. The van der Waals surface area contributed by atoms with Crippen molar-refractivity contribution in [1.29, 1.82) is 0 Å². The van der Waals surface area contributed by atoms with Crippen LogP contribution in [0, 0.1) is 11.6 Å². The number of hydrogen-bond acceptors (Lipinski definition) is 3. The standard InChI is InChI=1S/C16H17F2NO2/c1-2-20-15-5-3-4-6-16(15)21-10-9-19-14-8-7-12(17)11-13(14)18/h3-8,11,19H,2,9-10H2,1H3. The van der Waals surface area contributed by atoms with Gasteiger partial charge in [-0.2, -0.15) is 0 Å². The lowest BCUT2D eigenvalue weighted by atomic mass is 10.3. The highest BCUT2D eigenvalue weighted by Crippen LogP contribution is 2.26. The van der Waals surface area contributed by atoms with Gasteiger partial charge in [0.05, 0.1) is 12.3 Å². The summed E-state index contributed by atoms with van der Waals surface area (Å²) in [4.78, 5) is 0. The van der Waals surface area contributed by atoms with Gasteiger partial charge in [0, 0.05) is 12.6 Å². The second kappa shape index (κ2) is 7.47. The molecule has 0 fully saturated rings. The van der Waals surface area contributed by atoms with E-state index >= 15 is 0 Å². The van der Waals surface area contributed by atoms with Crippen LogP contribution in [0.4, 0.5) is 14.5 Å². The average Bonchev–Trinajstić information content (AvgIpc) is 2.47. The molecule has 5 heteroatoms. The Kier molecular flexibility index (Phi) is 5.37. The van der Waals surface area contributed by atoms with Crippen molar-refractivity contribution in [1.82, 2.24) is 0 Å². The molecule has 0 heterocycles. The number of ether oxygens (including phenoxy) is 2. The van der Waals surface area contributed by atoms with Crippen LogP contribution < -0.4 is 14.8 Å². The molecule has 0 atom stereocenters. The molecule has 0 radical (unpaired) electrons. The summed E-state index contributed by atoms with van der Waals surface area (Å²) in [6.07, 6.45) is 0. The summed E-state index contributed by atoms with van der Waals surface area (Å²) in [6.45, 7) is 3.18. The zero-order chi connectivity index (χ0) is 15.1. The summed E-state index contributed by atoms with van der Waals surface area (Å²) < 4.78 is 37.2. The maximum atomic E-state index is 13.4. The van der Waals surface area contributed by atoms with Crippen molar-refractivity contribution in [2.75, 3.05) is 25.1 Å². The first-order valence-corrected chi connectivity index (χ1v) is 6.74. The minimum absolute atomic E-state index is 0.248. The fraction of sp³-hybridized carbons (Fsp3) is 0.250.